The van der Waals surface area contributed by atoms with Crippen LogP contribution in [0.25, 0.3) is 10.2 Å². The van der Waals surface area contributed by atoms with Crippen molar-refractivity contribution in [3.63, 3.8) is 0 Å². The average molecular weight is 485 g/mol. The van der Waals surface area contributed by atoms with Gasteiger partial charge < -0.3 is 4.74 Å². The number of methoxy groups -OCH3 is 1. The molecule has 0 radical (unpaired) electrons. The Hall–Kier alpha value is -3.30. The highest BCUT2D eigenvalue weighted by Crippen LogP contribution is 2.39. The third kappa shape index (κ3) is 4.89. The molecule has 0 fully saturated rings. The number of carbonyl (C=O) groups is 1. The molecule has 0 saturated heterocycles. The number of ether oxygens (including phenoxy) is 1. The lowest BCUT2D eigenvalue weighted by Crippen LogP contribution is -2.28. The fourth-order valence-electron chi connectivity index (χ4n) is 3.37. The van der Waals surface area contributed by atoms with E-state index in [1.807, 2.05) is 37.3 Å². The summed E-state index contributed by atoms with van der Waals surface area (Å²) >= 11 is 1.33. The van der Waals surface area contributed by atoms with Crippen molar-refractivity contribution in [2.75, 3.05) is 17.8 Å². The first-order valence-corrected chi connectivity index (χ1v) is 12.6. The van der Waals surface area contributed by atoms with E-state index in [-0.39, 0.29) is 11.3 Å². The number of aryl methyl sites for hydroxylation is 1. The van der Waals surface area contributed by atoms with Crippen molar-refractivity contribution in [1.82, 2.24) is 4.98 Å². The molecule has 1 amide bonds. The topological polar surface area (TPSA) is 76.6 Å². The first-order chi connectivity index (χ1) is 15.8. The van der Waals surface area contributed by atoms with Crippen LogP contribution in [0.4, 0.5) is 15.2 Å². The third-order valence-corrected chi connectivity index (χ3v) is 7.81. The van der Waals surface area contributed by atoms with Crippen LogP contribution < -0.4 is 9.64 Å². The van der Waals surface area contributed by atoms with Crippen molar-refractivity contribution in [3.8, 4) is 5.75 Å². The van der Waals surface area contributed by atoms with Crippen LogP contribution in [0.15, 0.2) is 71.6 Å². The summed E-state index contributed by atoms with van der Waals surface area (Å²) in [6.07, 6.45) is -0.285. The summed E-state index contributed by atoms with van der Waals surface area (Å²) in [5, 5.41) is 0.421. The lowest BCUT2D eigenvalue weighted by atomic mass is 10.2. The largest absolute Gasteiger partial charge is 0.495 e. The van der Waals surface area contributed by atoms with Gasteiger partial charge in [-0.3, -0.25) is 9.69 Å². The Kier molecular flexibility index (Phi) is 6.44. The van der Waals surface area contributed by atoms with Crippen LogP contribution in [0.1, 0.15) is 12.0 Å². The molecule has 0 spiro atoms. The second-order valence-electron chi connectivity index (χ2n) is 7.39. The van der Waals surface area contributed by atoms with Crippen LogP contribution in [0.2, 0.25) is 0 Å². The van der Waals surface area contributed by atoms with Crippen molar-refractivity contribution in [2.24, 2.45) is 0 Å². The molecule has 0 unspecified atom stereocenters. The van der Waals surface area contributed by atoms with Gasteiger partial charge in [-0.1, -0.05) is 29.5 Å². The fourth-order valence-corrected chi connectivity index (χ4v) is 5.59. The second-order valence-corrected chi connectivity index (χ2v) is 10.5. The van der Waals surface area contributed by atoms with Crippen LogP contribution in [0.3, 0.4) is 0 Å². The number of hydrogen-bond donors (Lipinski definition) is 0. The number of para-hydroxylation sites is 1. The number of thiazole rings is 1. The maximum Gasteiger partial charge on any atom is 0.234 e. The van der Waals surface area contributed by atoms with Gasteiger partial charge in [0.2, 0.25) is 5.91 Å². The molecule has 1 aromatic heterocycles. The number of hydrogen-bond acceptors (Lipinski definition) is 6. The monoisotopic (exact) mass is 484 g/mol. The first kappa shape index (κ1) is 22.9. The van der Waals surface area contributed by atoms with E-state index in [0.29, 0.717) is 16.6 Å². The van der Waals surface area contributed by atoms with E-state index in [4.69, 9.17) is 4.74 Å². The van der Waals surface area contributed by atoms with Crippen LogP contribution >= 0.6 is 11.3 Å². The minimum Gasteiger partial charge on any atom is -0.495 e. The predicted molar refractivity (Wildman–Crippen MR) is 128 cm³/mol. The summed E-state index contributed by atoms with van der Waals surface area (Å²) in [7, 11) is -2.27. The van der Waals surface area contributed by atoms with Crippen molar-refractivity contribution in [3.05, 3.63) is 78.1 Å². The molecule has 3 aromatic carbocycles. The van der Waals surface area contributed by atoms with Gasteiger partial charge in [0.05, 0.1) is 33.7 Å². The first-order valence-electron chi connectivity index (χ1n) is 10.1. The number of fused-ring (bicyclic) bond motifs is 1. The summed E-state index contributed by atoms with van der Waals surface area (Å²) in [6, 6.07) is 17.5. The highest BCUT2D eigenvalue weighted by molar-refractivity contribution is 7.91. The highest BCUT2D eigenvalue weighted by Gasteiger charge is 2.27. The van der Waals surface area contributed by atoms with Crippen LogP contribution in [0.5, 0.6) is 5.75 Å². The van der Waals surface area contributed by atoms with Gasteiger partial charge in [0.25, 0.3) is 0 Å². The molecule has 0 atom stereocenters. The van der Waals surface area contributed by atoms with Crippen LogP contribution in [-0.2, 0) is 14.6 Å². The van der Waals surface area contributed by atoms with Crippen molar-refractivity contribution in [1.29, 1.82) is 0 Å². The number of carbonyl (C=O) groups excluding carboxylic acids is 1. The van der Waals surface area contributed by atoms with E-state index in [1.165, 1.54) is 35.5 Å². The minimum absolute atomic E-state index is 0.0311. The maximum atomic E-state index is 13.4. The van der Waals surface area contributed by atoms with Gasteiger partial charge in [0, 0.05) is 6.42 Å². The Morgan fingerprint density at radius 1 is 1.09 bits per heavy atom. The molecule has 0 saturated carbocycles. The number of sulfone groups is 1. The summed E-state index contributed by atoms with van der Waals surface area (Å²) < 4.78 is 45.0. The number of aromatic nitrogens is 1. The normalized spacial score (nSPS) is 11.5. The summed E-state index contributed by atoms with van der Waals surface area (Å²) in [6.45, 7) is 1.89. The van der Waals surface area contributed by atoms with Gasteiger partial charge in [0.1, 0.15) is 11.6 Å². The smallest absolute Gasteiger partial charge is 0.234 e. The molecule has 170 valence electrons. The molecule has 9 heteroatoms. The highest BCUT2D eigenvalue weighted by atomic mass is 32.2. The zero-order chi connectivity index (χ0) is 23.6. The molecule has 6 nitrogen and oxygen atoms in total. The van der Waals surface area contributed by atoms with Gasteiger partial charge in [-0.15, -0.1) is 0 Å². The molecule has 4 rings (SSSR count). The molecule has 0 N–H and O–H groups in total. The molecular weight excluding hydrogens is 463 g/mol. The van der Waals surface area contributed by atoms with Crippen LogP contribution in [0, 0.1) is 12.7 Å². The van der Waals surface area contributed by atoms with Gasteiger partial charge >= 0.3 is 0 Å². The Morgan fingerprint density at radius 2 is 1.82 bits per heavy atom. The van der Waals surface area contributed by atoms with E-state index in [0.717, 1.165) is 27.9 Å². The third-order valence-electron chi connectivity index (χ3n) is 5.06. The van der Waals surface area contributed by atoms with E-state index < -0.39 is 27.3 Å². The number of benzene rings is 3. The molecule has 0 aliphatic heterocycles. The quantitative estimate of drug-likeness (QED) is 0.334. The van der Waals surface area contributed by atoms with Crippen molar-refractivity contribution < 1.29 is 22.3 Å². The van der Waals surface area contributed by atoms with E-state index in [1.54, 1.807) is 12.1 Å². The lowest BCUT2D eigenvalue weighted by molar-refractivity contribution is -0.117. The Morgan fingerprint density at radius 3 is 2.52 bits per heavy atom. The predicted octanol–water partition coefficient (Wildman–Crippen LogP) is 5.28. The molecule has 0 aliphatic carbocycles. The summed E-state index contributed by atoms with van der Waals surface area (Å²) in [4.78, 5) is 19.4. The average Bonchev–Trinajstić information content (AvgIpc) is 3.22. The zero-order valence-electron chi connectivity index (χ0n) is 18.0. The standard InChI is InChI=1S/C24H21FN2O4S2/c1-16-7-12-21(31-2)20(15-16)27(24-26-19-5-3-4-6-22(19)32-24)23(28)13-14-33(29,30)18-10-8-17(25)9-11-18/h3-12,15H,13-14H2,1-2H3. The lowest BCUT2D eigenvalue weighted by Gasteiger charge is -2.22. The molecule has 4 aromatic rings. The van der Waals surface area contributed by atoms with E-state index in [2.05, 4.69) is 4.98 Å². The second kappa shape index (κ2) is 9.29. The van der Waals surface area contributed by atoms with E-state index >= 15 is 0 Å². The molecule has 1 heterocycles. The fraction of sp³-hybridized carbons (Fsp3) is 0.167. The Bertz CT molecular complexity index is 1380. The van der Waals surface area contributed by atoms with Gasteiger partial charge in [-0.25, -0.2) is 17.8 Å². The number of anilines is 2. The van der Waals surface area contributed by atoms with Crippen molar-refractivity contribution in [2.45, 2.75) is 18.2 Å². The van der Waals surface area contributed by atoms with Crippen molar-refractivity contribution >= 4 is 48.1 Å². The zero-order valence-corrected chi connectivity index (χ0v) is 19.6. The van der Waals surface area contributed by atoms with Crippen LogP contribution in [-0.4, -0.2) is 32.2 Å². The molecule has 0 aliphatic rings. The van der Waals surface area contributed by atoms with Gasteiger partial charge in [-0.2, -0.15) is 0 Å². The van der Waals surface area contributed by atoms with Gasteiger partial charge in [0.15, 0.2) is 15.0 Å². The Labute approximate surface area is 195 Å². The Balaban J connectivity index is 1.71. The molecule has 0 bridgehead atoms. The van der Waals surface area contributed by atoms with E-state index in [9.17, 15) is 17.6 Å². The summed E-state index contributed by atoms with van der Waals surface area (Å²) in [5.41, 5.74) is 2.13. The number of halogens is 1. The summed E-state index contributed by atoms with van der Waals surface area (Å²) in [5.74, 6) is -0.927. The molecular formula is C24H21FN2O4S2. The van der Waals surface area contributed by atoms with Gasteiger partial charge in [-0.05, 0) is 61.0 Å². The molecule has 33 heavy (non-hydrogen) atoms. The number of rotatable bonds is 7. The number of amides is 1. The minimum atomic E-state index is -3.78. The number of nitrogens with zero attached hydrogens (tertiary/aromatic N) is 2. The maximum absolute atomic E-state index is 13.4. The SMILES string of the molecule is COc1ccc(C)cc1N(C(=O)CCS(=O)(=O)c1ccc(F)cc1)c1nc2ccccc2s1.